The predicted molar refractivity (Wildman–Crippen MR) is 43.7 cm³/mol. The zero-order valence-corrected chi connectivity index (χ0v) is 6.75. The van der Waals surface area contributed by atoms with Crippen LogP contribution in [0.3, 0.4) is 0 Å². The fourth-order valence-electron chi connectivity index (χ4n) is 1.72. The third-order valence-electron chi connectivity index (χ3n) is 2.43. The van der Waals surface area contributed by atoms with Gasteiger partial charge in [0.15, 0.2) is 0 Å². The first-order valence-corrected chi connectivity index (χ1v) is 4.25. The van der Waals surface area contributed by atoms with Gasteiger partial charge in [-0.05, 0) is 12.3 Å². The van der Waals surface area contributed by atoms with Crippen molar-refractivity contribution in [1.82, 2.24) is 0 Å². The zero-order valence-electron chi connectivity index (χ0n) is 6.75. The van der Waals surface area contributed by atoms with Crippen LogP contribution in [0.2, 0.25) is 0 Å². The lowest BCUT2D eigenvalue weighted by atomic mass is 9.99. The van der Waals surface area contributed by atoms with Crippen LogP contribution in [-0.4, -0.2) is 11.9 Å². The molecule has 0 spiro atoms. The lowest BCUT2D eigenvalue weighted by Crippen LogP contribution is -2.37. The molecule has 3 heteroatoms. The Balaban J connectivity index is 2.23. The van der Waals surface area contributed by atoms with Crippen LogP contribution in [0.5, 0.6) is 0 Å². The summed E-state index contributed by atoms with van der Waals surface area (Å²) >= 11 is 0. The molecule has 1 atom stereocenters. The third kappa shape index (κ3) is 2.50. The maximum Gasteiger partial charge on any atom is 0.234 e. The van der Waals surface area contributed by atoms with E-state index in [1.807, 2.05) is 0 Å². The van der Waals surface area contributed by atoms with Gasteiger partial charge in [-0.1, -0.05) is 25.7 Å². The Hall–Kier alpha value is -0.570. The second-order valence-electron chi connectivity index (χ2n) is 3.40. The van der Waals surface area contributed by atoms with Crippen LogP contribution < -0.4 is 11.5 Å². The van der Waals surface area contributed by atoms with E-state index in [0.717, 1.165) is 6.42 Å². The minimum atomic E-state index is -0.418. The Morgan fingerprint density at radius 3 is 2.45 bits per heavy atom. The van der Waals surface area contributed by atoms with Gasteiger partial charge in [0, 0.05) is 0 Å². The Morgan fingerprint density at radius 1 is 1.45 bits per heavy atom. The van der Waals surface area contributed by atoms with Crippen LogP contribution in [0.1, 0.15) is 32.1 Å². The first-order chi connectivity index (χ1) is 5.20. The average molecular weight is 156 g/mol. The van der Waals surface area contributed by atoms with Crippen LogP contribution in [-0.2, 0) is 4.79 Å². The van der Waals surface area contributed by atoms with Gasteiger partial charge in [0.1, 0.15) is 0 Å². The van der Waals surface area contributed by atoms with Gasteiger partial charge in [-0.25, -0.2) is 0 Å². The highest BCUT2D eigenvalue weighted by Crippen LogP contribution is 2.27. The largest absolute Gasteiger partial charge is 0.368 e. The Kier molecular flexibility index (Phi) is 2.88. The van der Waals surface area contributed by atoms with Crippen molar-refractivity contribution in [3.63, 3.8) is 0 Å². The number of primary amides is 1. The molecule has 0 aromatic rings. The molecule has 1 amide bonds. The van der Waals surface area contributed by atoms with Gasteiger partial charge < -0.3 is 11.5 Å². The van der Waals surface area contributed by atoms with Gasteiger partial charge in [0.2, 0.25) is 5.91 Å². The lowest BCUT2D eigenvalue weighted by Gasteiger charge is -2.12. The molecule has 0 radical (unpaired) electrons. The Labute approximate surface area is 67.1 Å². The predicted octanol–water partition coefficient (Wildman–Crippen LogP) is 0.379. The highest BCUT2D eigenvalue weighted by molar-refractivity contribution is 5.79. The number of nitrogens with two attached hydrogens (primary N) is 2. The summed E-state index contributed by atoms with van der Waals surface area (Å²) in [5, 5.41) is 0. The fraction of sp³-hybridized carbons (Fsp3) is 0.875. The standard InChI is InChI=1S/C8H16N2O/c9-7(8(10)11)5-6-3-1-2-4-6/h6-7H,1-5,9H2,(H2,10,11)/t7-/m0/s1. The molecule has 1 fully saturated rings. The topological polar surface area (TPSA) is 69.1 Å². The van der Waals surface area contributed by atoms with Crippen LogP contribution in [0, 0.1) is 5.92 Å². The van der Waals surface area contributed by atoms with Crippen molar-refractivity contribution in [1.29, 1.82) is 0 Å². The molecule has 4 N–H and O–H groups in total. The Morgan fingerprint density at radius 2 is 2.00 bits per heavy atom. The average Bonchev–Trinajstić information content (AvgIpc) is 2.39. The monoisotopic (exact) mass is 156 g/mol. The van der Waals surface area contributed by atoms with Gasteiger partial charge >= 0.3 is 0 Å². The van der Waals surface area contributed by atoms with Crippen LogP contribution in [0.15, 0.2) is 0 Å². The van der Waals surface area contributed by atoms with Crippen molar-refractivity contribution in [3.05, 3.63) is 0 Å². The van der Waals surface area contributed by atoms with E-state index >= 15 is 0 Å². The SMILES string of the molecule is NC(=O)[C@@H](N)CC1CCCC1. The van der Waals surface area contributed by atoms with Gasteiger partial charge in [-0.2, -0.15) is 0 Å². The van der Waals surface area contributed by atoms with Gasteiger partial charge in [0.05, 0.1) is 6.04 Å². The second kappa shape index (κ2) is 3.72. The highest BCUT2D eigenvalue weighted by Gasteiger charge is 2.20. The van der Waals surface area contributed by atoms with Crippen molar-refractivity contribution in [3.8, 4) is 0 Å². The third-order valence-corrected chi connectivity index (χ3v) is 2.43. The molecule has 0 unspecified atom stereocenters. The first kappa shape index (κ1) is 8.53. The summed E-state index contributed by atoms with van der Waals surface area (Å²) in [6.07, 6.45) is 5.81. The molecule has 0 aromatic heterocycles. The summed E-state index contributed by atoms with van der Waals surface area (Å²) < 4.78 is 0. The Bertz CT molecular complexity index is 141. The molecule has 0 saturated heterocycles. The number of carbonyl (C=O) groups is 1. The lowest BCUT2D eigenvalue weighted by molar-refractivity contribution is -0.119. The number of hydrogen-bond acceptors (Lipinski definition) is 2. The first-order valence-electron chi connectivity index (χ1n) is 4.25. The van der Waals surface area contributed by atoms with E-state index in [4.69, 9.17) is 11.5 Å². The van der Waals surface area contributed by atoms with E-state index in [0.29, 0.717) is 5.92 Å². The molecule has 1 saturated carbocycles. The van der Waals surface area contributed by atoms with E-state index in [-0.39, 0.29) is 5.91 Å². The summed E-state index contributed by atoms with van der Waals surface area (Å²) in [5.74, 6) is 0.286. The van der Waals surface area contributed by atoms with Crippen molar-refractivity contribution in [2.45, 2.75) is 38.1 Å². The molecule has 3 nitrogen and oxygen atoms in total. The van der Waals surface area contributed by atoms with Crippen molar-refractivity contribution >= 4 is 5.91 Å². The van der Waals surface area contributed by atoms with Crippen molar-refractivity contribution in [2.24, 2.45) is 17.4 Å². The maximum absolute atomic E-state index is 10.6. The highest BCUT2D eigenvalue weighted by atomic mass is 16.1. The van der Waals surface area contributed by atoms with Crippen LogP contribution in [0.4, 0.5) is 0 Å². The zero-order chi connectivity index (χ0) is 8.27. The second-order valence-corrected chi connectivity index (χ2v) is 3.40. The van der Waals surface area contributed by atoms with Crippen molar-refractivity contribution < 1.29 is 4.79 Å². The molecule has 0 aliphatic heterocycles. The molecule has 64 valence electrons. The van der Waals surface area contributed by atoms with Crippen LogP contribution in [0.25, 0.3) is 0 Å². The summed E-state index contributed by atoms with van der Waals surface area (Å²) in [6.45, 7) is 0. The smallest absolute Gasteiger partial charge is 0.234 e. The summed E-state index contributed by atoms with van der Waals surface area (Å²) in [6, 6.07) is -0.418. The van der Waals surface area contributed by atoms with Crippen LogP contribution >= 0.6 is 0 Å². The molecular weight excluding hydrogens is 140 g/mol. The molecule has 1 aliphatic carbocycles. The maximum atomic E-state index is 10.6. The number of amides is 1. The minimum absolute atomic E-state index is 0.364. The van der Waals surface area contributed by atoms with E-state index in [1.165, 1.54) is 25.7 Å². The molecule has 0 heterocycles. The molecule has 0 aromatic carbocycles. The van der Waals surface area contributed by atoms with Gasteiger partial charge in [0.25, 0.3) is 0 Å². The van der Waals surface area contributed by atoms with Gasteiger partial charge in [-0.3, -0.25) is 4.79 Å². The molecule has 1 rings (SSSR count). The fourth-order valence-corrected chi connectivity index (χ4v) is 1.72. The summed E-state index contributed by atoms with van der Waals surface area (Å²) in [7, 11) is 0. The molecule has 0 bridgehead atoms. The van der Waals surface area contributed by atoms with E-state index in [2.05, 4.69) is 0 Å². The number of hydrogen-bond donors (Lipinski definition) is 2. The molecule has 11 heavy (non-hydrogen) atoms. The van der Waals surface area contributed by atoms with Crippen molar-refractivity contribution in [2.75, 3.05) is 0 Å². The quantitative estimate of drug-likeness (QED) is 0.620. The number of carbonyl (C=O) groups excluding carboxylic acids is 1. The minimum Gasteiger partial charge on any atom is -0.368 e. The number of rotatable bonds is 3. The van der Waals surface area contributed by atoms with E-state index < -0.39 is 6.04 Å². The normalized spacial score (nSPS) is 21.9. The van der Waals surface area contributed by atoms with E-state index in [9.17, 15) is 4.79 Å². The van der Waals surface area contributed by atoms with Gasteiger partial charge in [-0.15, -0.1) is 0 Å². The molecule has 1 aliphatic rings. The summed E-state index contributed by atoms with van der Waals surface area (Å²) in [5.41, 5.74) is 10.6. The van der Waals surface area contributed by atoms with E-state index in [1.54, 1.807) is 0 Å². The summed E-state index contributed by atoms with van der Waals surface area (Å²) in [4.78, 5) is 10.6. The molecular formula is C8H16N2O.